The standard InChI is InChI=1S/C16H23N3/c1-4-9-19-11-15(12(3)18-19)13-7-6-8-14(10-13)16(17)5-2/h6-8,10-11,16H,4-5,9,17H2,1-3H3. The van der Waals surface area contributed by atoms with Crippen molar-refractivity contribution < 1.29 is 0 Å². The molecule has 3 nitrogen and oxygen atoms in total. The van der Waals surface area contributed by atoms with Gasteiger partial charge in [0.1, 0.15) is 0 Å². The van der Waals surface area contributed by atoms with Crippen LogP contribution < -0.4 is 5.73 Å². The van der Waals surface area contributed by atoms with E-state index < -0.39 is 0 Å². The van der Waals surface area contributed by atoms with Gasteiger partial charge in [0.05, 0.1) is 5.69 Å². The molecule has 0 spiro atoms. The minimum absolute atomic E-state index is 0.117. The van der Waals surface area contributed by atoms with Crippen LogP contribution in [0, 0.1) is 6.92 Å². The predicted molar refractivity (Wildman–Crippen MR) is 79.9 cm³/mol. The summed E-state index contributed by atoms with van der Waals surface area (Å²) in [7, 11) is 0. The maximum Gasteiger partial charge on any atom is 0.0672 e. The molecule has 3 heteroatoms. The highest BCUT2D eigenvalue weighted by molar-refractivity contribution is 5.65. The summed E-state index contributed by atoms with van der Waals surface area (Å²) in [5.41, 5.74) is 10.8. The van der Waals surface area contributed by atoms with E-state index in [9.17, 15) is 0 Å². The summed E-state index contributed by atoms with van der Waals surface area (Å²) in [6.45, 7) is 7.31. The van der Waals surface area contributed by atoms with Crippen molar-refractivity contribution in [1.82, 2.24) is 9.78 Å². The molecular formula is C16H23N3. The molecule has 1 aromatic carbocycles. The Morgan fingerprint density at radius 2 is 2.11 bits per heavy atom. The van der Waals surface area contributed by atoms with Gasteiger partial charge >= 0.3 is 0 Å². The Morgan fingerprint density at radius 1 is 1.32 bits per heavy atom. The van der Waals surface area contributed by atoms with Gasteiger partial charge in [-0.05, 0) is 37.0 Å². The first kappa shape index (κ1) is 13.8. The molecule has 2 aromatic rings. The molecule has 0 aliphatic heterocycles. The largest absolute Gasteiger partial charge is 0.324 e. The second-order valence-corrected chi connectivity index (χ2v) is 5.03. The second-order valence-electron chi connectivity index (χ2n) is 5.03. The van der Waals surface area contributed by atoms with Crippen LogP contribution in [0.1, 0.15) is 44.0 Å². The van der Waals surface area contributed by atoms with Gasteiger partial charge in [-0.1, -0.05) is 32.0 Å². The van der Waals surface area contributed by atoms with Crippen molar-refractivity contribution in [2.45, 2.75) is 46.2 Å². The Labute approximate surface area is 115 Å². The Balaban J connectivity index is 2.36. The van der Waals surface area contributed by atoms with E-state index in [0.717, 1.165) is 25.1 Å². The minimum atomic E-state index is 0.117. The van der Waals surface area contributed by atoms with E-state index in [0.29, 0.717) is 0 Å². The molecule has 2 N–H and O–H groups in total. The average molecular weight is 257 g/mol. The van der Waals surface area contributed by atoms with Crippen LogP contribution in [-0.2, 0) is 6.54 Å². The number of aromatic nitrogens is 2. The molecule has 0 aliphatic carbocycles. The topological polar surface area (TPSA) is 43.8 Å². The molecule has 1 atom stereocenters. The van der Waals surface area contributed by atoms with E-state index in [2.05, 4.69) is 56.3 Å². The lowest BCUT2D eigenvalue weighted by Crippen LogP contribution is -2.08. The lowest BCUT2D eigenvalue weighted by atomic mass is 9.99. The molecule has 0 aliphatic rings. The average Bonchev–Trinajstić information content (AvgIpc) is 2.79. The van der Waals surface area contributed by atoms with Crippen molar-refractivity contribution in [2.24, 2.45) is 5.73 Å². The number of hydrogen-bond donors (Lipinski definition) is 1. The van der Waals surface area contributed by atoms with Gasteiger partial charge in [-0.2, -0.15) is 5.10 Å². The Hall–Kier alpha value is -1.61. The zero-order valence-electron chi connectivity index (χ0n) is 12.1. The van der Waals surface area contributed by atoms with Crippen LogP contribution in [0.2, 0.25) is 0 Å². The van der Waals surface area contributed by atoms with Crippen LogP contribution in [0.15, 0.2) is 30.5 Å². The normalized spacial score (nSPS) is 12.6. The lowest BCUT2D eigenvalue weighted by Gasteiger charge is -2.10. The summed E-state index contributed by atoms with van der Waals surface area (Å²) >= 11 is 0. The van der Waals surface area contributed by atoms with Crippen LogP contribution in [0.5, 0.6) is 0 Å². The third-order valence-electron chi connectivity index (χ3n) is 3.46. The zero-order valence-corrected chi connectivity index (χ0v) is 12.1. The minimum Gasteiger partial charge on any atom is -0.324 e. The summed E-state index contributed by atoms with van der Waals surface area (Å²) in [4.78, 5) is 0. The summed E-state index contributed by atoms with van der Waals surface area (Å²) < 4.78 is 2.02. The smallest absolute Gasteiger partial charge is 0.0672 e. The van der Waals surface area contributed by atoms with Crippen molar-refractivity contribution in [2.75, 3.05) is 0 Å². The number of benzene rings is 1. The van der Waals surface area contributed by atoms with Crippen molar-refractivity contribution in [3.63, 3.8) is 0 Å². The molecule has 1 unspecified atom stereocenters. The van der Waals surface area contributed by atoms with Crippen LogP contribution >= 0.6 is 0 Å². The fraction of sp³-hybridized carbons (Fsp3) is 0.438. The van der Waals surface area contributed by atoms with E-state index >= 15 is 0 Å². The van der Waals surface area contributed by atoms with Crippen molar-refractivity contribution in [3.8, 4) is 11.1 Å². The van der Waals surface area contributed by atoms with Gasteiger partial charge in [-0.15, -0.1) is 0 Å². The molecule has 19 heavy (non-hydrogen) atoms. The first-order valence-electron chi connectivity index (χ1n) is 7.05. The monoisotopic (exact) mass is 257 g/mol. The van der Waals surface area contributed by atoms with E-state index in [1.54, 1.807) is 0 Å². The third-order valence-corrected chi connectivity index (χ3v) is 3.46. The van der Waals surface area contributed by atoms with E-state index in [4.69, 9.17) is 5.73 Å². The summed E-state index contributed by atoms with van der Waals surface area (Å²) in [5.74, 6) is 0. The Bertz CT molecular complexity index is 543. The first-order chi connectivity index (χ1) is 9.15. The fourth-order valence-corrected chi connectivity index (χ4v) is 2.32. The summed E-state index contributed by atoms with van der Waals surface area (Å²) in [5, 5.41) is 4.56. The van der Waals surface area contributed by atoms with E-state index in [-0.39, 0.29) is 6.04 Å². The summed E-state index contributed by atoms with van der Waals surface area (Å²) in [6.07, 6.45) is 4.19. The molecule has 0 fully saturated rings. The first-order valence-corrected chi connectivity index (χ1v) is 7.05. The number of hydrogen-bond acceptors (Lipinski definition) is 2. The molecule has 0 amide bonds. The molecule has 0 bridgehead atoms. The van der Waals surface area contributed by atoms with Crippen molar-refractivity contribution >= 4 is 0 Å². The quantitative estimate of drug-likeness (QED) is 0.888. The number of aryl methyl sites for hydroxylation is 2. The maximum absolute atomic E-state index is 6.11. The molecule has 0 radical (unpaired) electrons. The maximum atomic E-state index is 6.11. The molecule has 1 heterocycles. The third kappa shape index (κ3) is 3.04. The fourth-order valence-electron chi connectivity index (χ4n) is 2.32. The van der Waals surface area contributed by atoms with Gasteiger partial charge < -0.3 is 5.73 Å². The number of nitrogens with two attached hydrogens (primary N) is 1. The highest BCUT2D eigenvalue weighted by atomic mass is 15.3. The van der Waals surface area contributed by atoms with Crippen LogP contribution in [0.3, 0.4) is 0 Å². The summed E-state index contributed by atoms with van der Waals surface area (Å²) in [6, 6.07) is 8.62. The predicted octanol–water partition coefficient (Wildman–Crippen LogP) is 3.68. The van der Waals surface area contributed by atoms with E-state index in [1.807, 2.05) is 4.68 Å². The lowest BCUT2D eigenvalue weighted by molar-refractivity contribution is 0.598. The highest BCUT2D eigenvalue weighted by Gasteiger charge is 2.09. The van der Waals surface area contributed by atoms with Gasteiger partial charge in [0.2, 0.25) is 0 Å². The van der Waals surface area contributed by atoms with Crippen molar-refractivity contribution in [3.05, 3.63) is 41.7 Å². The van der Waals surface area contributed by atoms with Crippen LogP contribution in [0.4, 0.5) is 0 Å². The van der Waals surface area contributed by atoms with Gasteiger partial charge in [0.15, 0.2) is 0 Å². The molecule has 2 rings (SSSR count). The van der Waals surface area contributed by atoms with Crippen LogP contribution in [0.25, 0.3) is 11.1 Å². The van der Waals surface area contributed by atoms with Crippen molar-refractivity contribution in [1.29, 1.82) is 0 Å². The molecule has 102 valence electrons. The second kappa shape index (κ2) is 6.02. The molecular weight excluding hydrogens is 234 g/mol. The molecule has 0 saturated heterocycles. The molecule has 0 saturated carbocycles. The number of nitrogens with zero attached hydrogens (tertiary/aromatic N) is 2. The zero-order chi connectivity index (χ0) is 13.8. The Kier molecular flexibility index (Phi) is 4.38. The van der Waals surface area contributed by atoms with Gasteiger partial charge in [-0.3, -0.25) is 4.68 Å². The Morgan fingerprint density at radius 3 is 2.79 bits per heavy atom. The SMILES string of the molecule is CCCn1cc(-c2cccc(C(N)CC)c2)c(C)n1. The highest BCUT2D eigenvalue weighted by Crippen LogP contribution is 2.25. The van der Waals surface area contributed by atoms with Crippen LogP contribution in [-0.4, -0.2) is 9.78 Å². The van der Waals surface area contributed by atoms with Gasteiger partial charge in [-0.25, -0.2) is 0 Å². The molecule has 1 aromatic heterocycles. The van der Waals surface area contributed by atoms with Gasteiger partial charge in [0, 0.05) is 24.3 Å². The van der Waals surface area contributed by atoms with Gasteiger partial charge in [0.25, 0.3) is 0 Å². The number of rotatable bonds is 5. The van der Waals surface area contributed by atoms with E-state index in [1.165, 1.54) is 16.7 Å².